The lowest BCUT2D eigenvalue weighted by Gasteiger charge is -2.11. The highest BCUT2D eigenvalue weighted by Crippen LogP contribution is 2.44. The lowest BCUT2D eigenvalue weighted by molar-refractivity contribution is 0.482. The van der Waals surface area contributed by atoms with Gasteiger partial charge < -0.3 is 10.8 Å². The molecule has 0 saturated carbocycles. The third-order valence-corrected chi connectivity index (χ3v) is 5.49. The molecule has 5 aromatic rings. The number of nitrogens with two attached hydrogens (primary N) is 1. The molecule has 0 aliphatic heterocycles. The van der Waals surface area contributed by atoms with Gasteiger partial charge in [0, 0.05) is 0 Å². The molecule has 5 aromatic carbocycles. The zero-order chi connectivity index (χ0) is 33.3. The van der Waals surface area contributed by atoms with Gasteiger partial charge in [-0.25, -0.2) is 0 Å². The number of nitrogen functional groups attached to an aromatic ring is 1. The van der Waals surface area contributed by atoms with Gasteiger partial charge in [-0.2, -0.15) is 18.6 Å². The Morgan fingerprint density at radius 2 is 1.16 bits per heavy atom. The molecule has 44 heavy (non-hydrogen) atoms. The zero-order valence-electron chi connectivity index (χ0n) is 26.6. The number of hydrogen-bond donors (Lipinski definition) is 3. The van der Waals surface area contributed by atoms with Crippen molar-refractivity contribution >= 4 is 60.1 Å². The Balaban J connectivity index is 0.000000778. The van der Waals surface area contributed by atoms with E-state index in [0.717, 1.165) is 27.4 Å². The second-order valence-corrected chi connectivity index (χ2v) is 9.95. The first kappa shape index (κ1) is 37.4. The molecule has 0 spiro atoms. The van der Waals surface area contributed by atoms with Crippen LogP contribution in [0.3, 0.4) is 0 Å². The van der Waals surface area contributed by atoms with Crippen molar-refractivity contribution in [1.82, 2.24) is 0 Å². The van der Waals surface area contributed by atoms with Gasteiger partial charge in [-0.3, -0.25) is 4.55 Å². The Kier molecular flexibility index (Phi) is 15.9. The summed E-state index contributed by atoms with van der Waals surface area (Å²) in [4.78, 5) is 0. The van der Waals surface area contributed by atoms with E-state index in [9.17, 15) is 13.5 Å². The molecule has 4 N–H and O–H groups in total. The van der Waals surface area contributed by atoms with Crippen molar-refractivity contribution in [3.05, 3.63) is 96.6 Å². The third kappa shape index (κ3) is 11.2. The minimum absolute atomic E-state index is 0.0353. The predicted octanol–water partition coefficient (Wildman–Crippen LogP) is 11.0. The average molecular weight is 618 g/mol. The number of benzene rings is 5. The van der Waals surface area contributed by atoms with Gasteiger partial charge in [0.2, 0.25) is 0 Å². The minimum atomic E-state index is -3.67. The second-order valence-electron chi connectivity index (χ2n) is 8.49. The Hall–Kier alpha value is -4.67. The van der Waals surface area contributed by atoms with E-state index in [4.69, 9.17) is 10.3 Å². The summed E-state index contributed by atoms with van der Waals surface area (Å²) in [5.74, 6) is -0.0353. The zero-order valence-corrected chi connectivity index (χ0v) is 27.5. The number of hydrogen-bond acceptors (Lipinski definition) is 8. The molecule has 0 saturated heterocycles. The second kappa shape index (κ2) is 18.8. The van der Waals surface area contributed by atoms with Crippen molar-refractivity contribution in [2.24, 2.45) is 20.5 Å². The van der Waals surface area contributed by atoms with Gasteiger partial charge >= 0.3 is 0 Å². The molecular weight excluding hydrogens is 574 g/mol. The monoisotopic (exact) mass is 617 g/mol. The molecule has 234 valence electrons. The quantitative estimate of drug-likeness (QED) is 0.104. The first-order valence-electron chi connectivity index (χ1n) is 14.4. The summed E-state index contributed by atoms with van der Waals surface area (Å²) in [5, 5.41) is 31.7. The lowest BCUT2D eigenvalue weighted by Crippen LogP contribution is -1.91. The van der Waals surface area contributed by atoms with Crippen LogP contribution in [0.5, 0.6) is 5.75 Å². The summed E-state index contributed by atoms with van der Waals surface area (Å²) in [5.41, 5.74) is 9.95. The number of azo groups is 2. The van der Waals surface area contributed by atoms with E-state index in [0.29, 0.717) is 34.4 Å². The number of phenols is 1. The highest BCUT2D eigenvalue weighted by atomic mass is 32.2. The molecule has 0 heterocycles. The van der Waals surface area contributed by atoms with Crippen LogP contribution in [0.15, 0.2) is 111 Å². The molecule has 5 rings (SSSR count). The van der Waals surface area contributed by atoms with E-state index in [-0.39, 0.29) is 5.75 Å². The van der Waals surface area contributed by atoms with Crippen LogP contribution in [-0.2, 0) is 10.1 Å². The van der Waals surface area contributed by atoms with Gasteiger partial charge in [-0.05, 0) is 65.0 Å². The molecule has 0 atom stereocenters. The van der Waals surface area contributed by atoms with Gasteiger partial charge in [0.05, 0.1) is 28.7 Å². The van der Waals surface area contributed by atoms with Crippen LogP contribution < -0.4 is 5.73 Å². The summed E-state index contributed by atoms with van der Waals surface area (Å²) < 4.78 is 25.9. The maximum atomic E-state index is 10.9. The number of aromatic hydroxyl groups is 1. The van der Waals surface area contributed by atoms with Crippen molar-refractivity contribution in [3.8, 4) is 5.75 Å². The number of fused-ring (bicyclic) bond motifs is 2. The van der Waals surface area contributed by atoms with Crippen molar-refractivity contribution in [1.29, 1.82) is 0 Å². The van der Waals surface area contributed by atoms with Crippen LogP contribution in [0, 0.1) is 6.92 Å². The summed E-state index contributed by atoms with van der Waals surface area (Å²) in [6.45, 7) is 13.9. The minimum Gasteiger partial charge on any atom is -0.505 e. The number of aryl methyl sites for hydroxylation is 1. The first-order valence-corrected chi connectivity index (χ1v) is 16.3. The largest absolute Gasteiger partial charge is 0.505 e. The topological polar surface area (TPSA) is 150 Å². The van der Waals surface area contributed by atoms with E-state index in [1.54, 1.807) is 6.07 Å². The molecule has 0 aromatic heterocycles. The molecule has 10 heteroatoms. The van der Waals surface area contributed by atoms with Crippen LogP contribution in [0.4, 0.5) is 28.4 Å². The van der Waals surface area contributed by atoms with Crippen molar-refractivity contribution in [2.75, 3.05) is 12.0 Å². The van der Waals surface area contributed by atoms with Gasteiger partial charge in [0.15, 0.2) is 5.75 Å². The van der Waals surface area contributed by atoms with Gasteiger partial charge in [0.1, 0.15) is 11.4 Å². The molecule has 0 amide bonds. The maximum absolute atomic E-state index is 10.9. The summed E-state index contributed by atoms with van der Waals surface area (Å²) >= 11 is 0. The Labute approximate surface area is 261 Å². The van der Waals surface area contributed by atoms with Crippen molar-refractivity contribution in [3.63, 3.8) is 0 Å². The fourth-order valence-corrected chi connectivity index (χ4v) is 3.80. The maximum Gasteiger partial charge on any atom is 0.261 e. The number of nitrogens with zero attached hydrogens (tertiary/aromatic N) is 4. The third-order valence-electron chi connectivity index (χ3n) is 5.49. The van der Waals surface area contributed by atoms with Crippen molar-refractivity contribution < 1.29 is 18.1 Å². The normalized spacial score (nSPS) is 10.6. The summed E-state index contributed by atoms with van der Waals surface area (Å²) in [7, 11) is -3.67. The highest BCUT2D eigenvalue weighted by molar-refractivity contribution is 7.85. The lowest BCUT2D eigenvalue weighted by atomic mass is 10.0. The fourth-order valence-electron chi connectivity index (χ4n) is 3.80. The molecule has 0 fully saturated rings. The molecule has 0 bridgehead atoms. The Bertz CT molecular complexity index is 1780. The standard InChI is InChI=1S/C27H21N5O.3C2H6.CH4O3S/c1-17-15-20-12-14-23(31-29-21-9-3-2-4-10-21)27(33)24(20)25(28)26(17)32-30-22-13-11-18-7-5-6-8-19(18)16-22;3*1-2;1-5(2,3)4/h2-16,33H,28H2,1H3;3*1-2H3;1H3,(H,2,3,4). The predicted molar refractivity (Wildman–Crippen MR) is 185 cm³/mol. The number of anilines is 1. The van der Waals surface area contributed by atoms with Crippen molar-refractivity contribution in [2.45, 2.75) is 48.5 Å². The van der Waals surface area contributed by atoms with Crippen LogP contribution in [0.25, 0.3) is 21.5 Å². The highest BCUT2D eigenvalue weighted by Gasteiger charge is 2.15. The molecule has 0 unspecified atom stereocenters. The van der Waals surface area contributed by atoms with E-state index in [1.807, 2.05) is 127 Å². The SMILES string of the molecule is CC.CC.CC.CS(=O)(=O)O.Cc1cc2ccc(N=Nc3ccccc3)c(O)c2c(N)c1N=Nc1ccc2ccccc2c1. The van der Waals surface area contributed by atoms with E-state index >= 15 is 0 Å². The molecule has 0 aliphatic rings. The average Bonchev–Trinajstić information content (AvgIpc) is 3.03. The number of phenolic OH excluding ortho intramolecular Hbond substituents is 1. The molecule has 9 nitrogen and oxygen atoms in total. The molecular formula is C34H43N5O4S. The molecule has 0 aliphatic carbocycles. The van der Waals surface area contributed by atoms with Gasteiger partial charge in [0.25, 0.3) is 10.1 Å². The summed E-state index contributed by atoms with van der Waals surface area (Å²) in [6.07, 6.45) is 0.715. The smallest absolute Gasteiger partial charge is 0.261 e. The summed E-state index contributed by atoms with van der Waals surface area (Å²) in [6, 6.07) is 28.8. The molecule has 0 radical (unpaired) electrons. The van der Waals surface area contributed by atoms with E-state index < -0.39 is 10.1 Å². The van der Waals surface area contributed by atoms with Crippen LogP contribution in [0.1, 0.15) is 47.1 Å². The Morgan fingerprint density at radius 3 is 1.77 bits per heavy atom. The van der Waals surface area contributed by atoms with Crippen LogP contribution in [-0.4, -0.2) is 24.3 Å². The van der Waals surface area contributed by atoms with Gasteiger partial charge in [-0.15, -0.1) is 10.2 Å². The fraction of sp³-hybridized carbons (Fsp3) is 0.235. The van der Waals surface area contributed by atoms with E-state index in [1.165, 1.54) is 0 Å². The van der Waals surface area contributed by atoms with E-state index in [2.05, 4.69) is 26.5 Å². The van der Waals surface area contributed by atoms with Crippen LogP contribution >= 0.6 is 0 Å². The van der Waals surface area contributed by atoms with Gasteiger partial charge in [-0.1, -0.05) is 96.1 Å². The van der Waals surface area contributed by atoms with Crippen LogP contribution in [0.2, 0.25) is 0 Å². The first-order chi connectivity index (χ1) is 21.1. The Morgan fingerprint density at radius 1 is 0.636 bits per heavy atom. The number of rotatable bonds is 4.